The molecule has 1 atom stereocenters. The molecule has 0 amide bonds. The molecule has 2 rings (SSSR count). The highest BCUT2D eigenvalue weighted by atomic mass is 19.4. The van der Waals surface area contributed by atoms with E-state index in [9.17, 15) is 13.2 Å². The molecular weight excluding hydrogens is 229 g/mol. The first-order valence-electron chi connectivity index (χ1n) is 5.78. The molecule has 1 fully saturated rings. The van der Waals surface area contributed by atoms with Gasteiger partial charge in [0.1, 0.15) is 0 Å². The molecule has 2 nitrogen and oxygen atoms in total. The Bertz CT molecular complexity index is 386. The Balaban J connectivity index is 2.35. The SMILES string of the molecule is CCNC(c1cnccc1C(F)(F)F)C1CC1. The van der Waals surface area contributed by atoms with Crippen molar-refractivity contribution in [2.75, 3.05) is 6.54 Å². The van der Waals surface area contributed by atoms with E-state index in [1.807, 2.05) is 6.92 Å². The minimum atomic E-state index is -4.30. The van der Waals surface area contributed by atoms with E-state index in [1.165, 1.54) is 12.4 Å². The Morgan fingerprint density at radius 2 is 2.18 bits per heavy atom. The summed E-state index contributed by atoms with van der Waals surface area (Å²) in [6.07, 6.45) is 0.214. The third kappa shape index (κ3) is 2.77. The van der Waals surface area contributed by atoms with Crippen molar-refractivity contribution in [1.29, 1.82) is 0 Å². The molecule has 5 heteroatoms. The maximum atomic E-state index is 12.9. The number of hydrogen-bond acceptors (Lipinski definition) is 2. The second-order valence-corrected chi connectivity index (χ2v) is 4.33. The molecule has 0 saturated heterocycles. The predicted molar refractivity (Wildman–Crippen MR) is 58.4 cm³/mol. The first-order chi connectivity index (χ1) is 8.04. The third-order valence-electron chi connectivity index (χ3n) is 3.01. The molecule has 1 N–H and O–H groups in total. The summed E-state index contributed by atoms with van der Waals surface area (Å²) in [7, 11) is 0. The number of halogens is 3. The molecule has 1 saturated carbocycles. The van der Waals surface area contributed by atoms with Crippen molar-refractivity contribution < 1.29 is 13.2 Å². The molecule has 1 aliphatic carbocycles. The highest BCUT2D eigenvalue weighted by Crippen LogP contribution is 2.44. The van der Waals surface area contributed by atoms with E-state index >= 15 is 0 Å². The average molecular weight is 244 g/mol. The fraction of sp³-hybridized carbons (Fsp3) is 0.583. The Labute approximate surface area is 98.2 Å². The standard InChI is InChI=1S/C12H15F3N2/c1-2-17-11(8-3-4-8)9-7-16-6-5-10(9)12(13,14)15/h5-8,11,17H,2-4H2,1H3. The molecule has 17 heavy (non-hydrogen) atoms. The van der Waals surface area contributed by atoms with Gasteiger partial charge in [-0.3, -0.25) is 4.98 Å². The van der Waals surface area contributed by atoms with Crippen LogP contribution in [0.4, 0.5) is 13.2 Å². The fourth-order valence-electron chi connectivity index (χ4n) is 2.09. The van der Waals surface area contributed by atoms with Crippen molar-refractivity contribution in [1.82, 2.24) is 10.3 Å². The summed E-state index contributed by atoms with van der Waals surface area (Å²) in [4.78, 5) is 3.83. The van der Waals surface area contributed by atoms with Gasteiger partial charge in [-0.15, -0.1) is 0 Å². The third-order valence-corrected chi connectivity index (χ3v) is 3.01. The van der Waals surface area contributed by atoms with E-state index in [-0.39, 0.29) is 11.6 Å². The number of rotatable bonds is 4. The zero-order valence-electron chi connectivity index (χ0n) is 9.59. The lowest BCUT2D eigenvalue weighted by atomic mass is 9.98. The lowest BCUT2D eigenvalue weighted by Gasteiger charge is -2.21. The molecule has 1 aliphatic rings. The quantitative estimate of drug-likeness (QED) is 0.880. The van der Waals surface area contributed by atoms with Crippen molar-refractivity contribution in [3.8, 4) is 0 Å². The van der Waals surface area contributed by atoms with Gasteiger partial charge in [-0.05, 0) is 36.9 Å². The highest BCUT2D eigenvalue weighted by Gasteiger charge is 2.39. The zero-order valence-corrected chi connectivity index (χ0v) is 9.59. The van der Waals surface area contributed by atoms with Crippen LogP contribution in [0.15, 0.2) is 18.5 Å². The Hall–Kier alpha value is -1.10. The van der Waals surface area contributed by atoms with Crippen molar-refractivity contribution in [2.45, 2.75) is 32.0 Å². The summed E-state index contributed by atoms with van der Waals surface area (Å²) in [6, 6.07) is 0.840. The number of nitrogens with zero attached hydrogens (tertiary/aromatic N) is 1. The van der Waals surface area contributed by atoms with E-state index < -0.39 is 11.7 Å². The summed E-state index contributed by atoms with van der Waals surface area (Å²) >= 11 is 0. The van der Waals surface area contributed by atoms with Gasteiger partial charge in [0.25, 0.3) is 0 Å². The van der Waals surface area contributed by atoms with Crippen molar-refractivity contribution in [2.24, 2.45) is 5.92 Å². The van der Waals surface area contributed by atoms with Crippen LogP contribution in [-0.2, 0) is 6.18 Å². The first kappa shape index (κ1) is 12.4. The first-order valence-corrected chi connectivity index (χ1v) is 5.78. The summed E-state index contributed by atoms with van der Waals surface area (Å²) in [5, 5.41) is 3.13. The summed E-state index contributed by atoms with van der Waals surface area (Å²) in [6.45, 7) is 2.56. The van der Waals surface area contributed by atoms with E-state index in [0.717, 1.165) is 18.9 Å². The van der Waals surface area contributed by atoms with Crippen LogP contribution < -0.4 is 5.32 Å². The maximum absolute atomic E-state index is 12.9. The second-order valence-electron chi connectivity index (χ2n) is 4.33. The van der Waals surface area contributed by atoms with Crippen LogP contribution in [0.1, 0.15) is 36.9 Å². The zero-order chi connectivity index (χ0) is 12.5. The number of pyridine rings is 1. The average Bonchev–Trinajstić information content (AvgIpc) is 3.08. The monoisotopic (exact) mass is 244 g/mol. The molecule has 0 aromatic carbocycles. The second kappa shape index (κ2) is 4.64. The van der Waals surface area contributed by atoms with Crippen molar-refractivity contribution >= 4 is 0 Å². The molecule has 0 spiro atoms. The van der Waals surface area contributed by atoms with Gasteiger partial charge < -0.3 is 5.32 Å². The molecule has 0 bridgehead atoms. The predicted octanol–water partition coefficient (Wildman–Crippen LogP) is 3.16. The molecule has 1 heterocycles. The van der Waals surface area contributed by atoms with Gasteiger partial charge >= 0.3 is 6.18 Å². The van der Waals surface area contributed by atoms with Crippen LogP contribution >= 0.6 is 0 Å². The van der Waals surface area contributed by atoms with Crippen LogP contribution in [0.2, 0.25) is 0 Å². The van der Waals surface area contributed by atoms with E-state index in [0.29, 0.717) is 12.5 Å². The van der Waals surface area contributed by atoms with Crippen molar-refractivity contribution in [3.63, 3.8) is 0 Å². The van der Waals surface area contributed by atoms with Gasteiger partial charge in [-0.2, -0.15) is 13.2 Å². The molecule has 0 aliphatic heterocycles. The number of nitrogens with one attached hydrogen (secondary N) is 1. The van der Waals surface area contributed by atoms with Crippen LogP contribution in [0.3, 0.4) is 0 Å². The number of aromatic nitrogens is 1. The van der Waals surface area contributed by atoms with Crippen LogP contribution in [0.25, 0.3) is 0 Å². The summed E-state index contributed by atoms with van der Waals surface area (Å²) < 4.78 is 38.6. The van der Waals surface area contributed by atoms with E-state index in [1.54, 1.807) is 0 Å². The smallest absolute Gasteiger partial charge is 0.310 e. The van der Waals surface area contributed by atoms with Gasteiger partial charge in [-0.25, -0.2) is 0 Å². The molecule has 0 radical (unpaired) electrons. The lowest BCUT2D eigenvalue weighted by Crippen LogP contribution is -2.25. The van der Waals surface area contributed by atoms with Gasteiger partial charge in [0.15, 0.2) is 0 Å². The number of hydrogen-bond donors (Lipinski definition) is 1. The van der Waals surface area contributed by atoms with Gasteiger partial charge in [0, 0.05) is 18.4 Å². The molecular formula is C12H15F3N2. The Morgan fingerprint density at radius 3 is 2.71 bits per heavy atom. The van der Waals surface area contributed by atoms with E-state index in [4.69, 9.17) is 0 Å². The van der Waals surface area contributed by atoms with Crippen LogP contribution in [0, 0.1) is 5.92 Å². The highest BCUT2D eigenvalue weighted by molar-refractivity contribution is 5.30. The van der Waals surface area contributed by atoms with Gasteiger partial charge in [0.2, 0.25) is 0 Å². The molecule has 1 unspecified atom stereocenters. The molecule has 1 aromatic heterocycles. The Morgan fingerprint density at radius 1 is 1.47 bits per heavy atom. The molecule has 94 valence electrons. The lowest BCUT2D eigenvalue weighted by molar-refractivity contribution is -0.138. The summed E-state index contributed by atoms with van der Waals surface area (Å²) in [5.41, 5.74) is -0.283. The summed E-state index contributed by atoms with van der Waals surface area (Å²) in [5.74, 6) is 0.320. The fourth-order valence-corrected chi connectivity index (χ4v) is 2.09. The van der Waals surface area contributed by atoms with Crippen molar-refractivity contribution in [3.05, 3.63) is 29.6 Å². The van der Waals surface area contributed by atoms with Crippen LogP contribution in [-0.4, -0.2) is 11.5 Å². The van der Waals surface area contributed by atoms with Gasteiger partial charge in [0.05, 0.1) is 5.56 Å². The van der Waals surface area contributed by atoms with Crippen LogP contribution in [0.5, 0.6) is 0 Å². The minimum absolute atomic E-state index is 0.217. The number of alkyl halides is 3. The topological polar surface area (TPSA) is 24.9 Å². The van der Waals surface area contributed by atoms with E-state index in [2.05, 4.69) is 10.3 Å². The normalized spacial score (nSPS) is 18.1. The van der Waals surface area contributed by atoms with Gasteiger partial charge in [-0.1, -0.05) is 6.92 Å². The maximum Gasteiger partial charge on any atom is 0.416 e. The molecule has 1 aromatic rings. The largest absolute Gasteiger partial charge is 0.416 e. The minimum Gasteiger partial charge on any atom is -0.310 e. The Kier molecular flexibility index (Phi) is 3.38.